The van der Waals surface area contributed by atoms with Gasteiger partial charge in [0.25, 0.3) is 5.91 Å². The lowest BCUT2D eigenvalue weighted by molar-refractivity contribution is -0.148. The fraction of sp³-hybridized carbons (Fsp3) is 0.562. The van der Waals surface area contributed by atoms with Gasteiger partial charge in [0, 0.05) is 38.3 Å². The van der Waals surface area contributed by atoms with E-state index in [4.69, 9.17) is 9.47 Å². The molecule has 120 valence electrons. The zero-order chi connectivity index (χ0) is 15.4. The Hall–Kier alpha value is -1.63. The first-order valence-corrected chi connectivity index (χ1v) is 7.77. The SMILES string of the molecule is COc1ccccc1C1CNCCN1C(=O)[C@H]1CNCCO1. The smallest absolute Gasteiger partial charge is 0.253 e. The summed E-state index contributed by atoms with van der Waals surface area (Å²) >= 11 is 0. The molecule has 2 aliphatic rings. The van der Waals surface area contributed by atoms with Gasteiger partial charge in [0.2, 0.25) is 0 Å². The molecule has 6 heteroatoms. The highest BCUT2D eigenvalue weighted by Crippen LogP contribution is 2.30. The summed E-state index contributed by atoms with van der Waals surface area (Å²) in [5.41, 5.74) is 1.04. The average Bonchev–Trinajstić information content (AvgIpc) is 2.62. The third-order valence-corrected chi connectivity index (χ3v) is 4.23. The van der Waals surface area contributed by atoms with Crippen molar-refractivity contribution in [2.75, 3.05) is 46.4 Å². The number of nitrogens with zero attached hydrogens (tertiary/aromatic N) is 1. The minimum Gasteiger partial charge on any atom is -0.496 e. The molecular weight excluding hydrogens is 282 g/mol. The number of carbonyl (C=O) groups excluding carboxylic acids is 1. The molecule has 2 fully saturated rings. The first-order chi connectivity index (χ1) is 10.8. The molecule has 0 saturated carbocycles. The molecule has 1 unspecified atom stereocenters. The number of amides is 1. The summed E-state index contributed by atoms with van der Waals surface area (Å²) in [6.45, 7) is 4.19. The fourth-order valence-electron chi connectivity index (χ4n) is 3.10. The van der Waals surface area contributed by atoms with Crippen LogP contribution in [0.3, 0.4) is 0 Å². The van der Waals surface area contributed by atoms with Crippen molar-refractivity contribution in [2.45, 2.75) is 12.1 Å². The van der Waals surface area contributed by atoms with Gasteiger partial charge in [0.1, 0.15) is 11.9 Å². The number of nitrogens with one attached hydrogen (secondary N) is 2. The predicted molar refractivity (Wildman–Crippen MR) is 82.9 cm³/mol. The molecule has 0 bridgehead atoms. The van der Waals surface area contributed by atoms with Gasteiger partial charge in [-0.25, -0.2) is 0 Å². The van der Waals surface area contributed by atoms with E-state index in [1.807, 2.05) is 29.2 Å². The maximum atomic E-state index is 12.8. The second-order valence-electron chi connectivity index (χ2n) is 5.56. The van der Waals surface area contributed by atoms with Crippen molar-refractivity contribution in [3.63, 3.8) is 0 Å². The third-order valence-electron chi connectivity index (χ3n) is 4.23. The Labute approximate surface area is 130 Å². The van der Waals surface area contributed by atoms with Crippen molar-refractivity contribution in [1.29, 1.82) is 0 Å². The van der Waals surface area contributed by atoms with E-state index < -0.39 is 0 Å². The molecule has 0 aliphatic carbocycles. The van der Waals surface area contributed by atoms with Gasteiger partial charge in [-0.1, -0.05) is 18.2 Å². The van der Waals surface area contributed by atoms with Crippen LogP contribution in [-0.4, -0.2) is 63.4 Å². The number of para-hydroxylation sites is 1. The summed E-state index contributed by atoms with van der Waals surface area (Å²) < 4.78 is 11.1. The van der Waals surface area contributed by atoms with Gasteiger partial charge < -0.3 is 25.0 Å². The number of rotatable bonds is 3. The normalized spacial score (nSPS) is 25.8. The summed E-state index contributed by atoms with van der Waals surface area (Å²) in [7, 11) is 1.66. The molecular formula is C16H23N3O3. The zero-order valence-electron chi connectivity index (χ0n) is 12.9. The quantitative estimate of drug-likeness (QED) is 0.833. The van der Waals surface area contributed by atoms with Crippen LogP contribution in [0.5, 0.6) is 5.75 Å². The highest BCUT2D eigenvalue weighted by atomic mass is 16.5. The lowest BCUT2D eigenvalue weighted by Crippen LogP contribution is -2.55. The molecule has 2 N–H and O–H groups in total. The number of benzene rings is 1. The van der Waals surface area contributed by atoms with Gasteiger partial charge in [-0.3, -0.25) is 4.79 Å². The van der Waals surface area contributed by atoms with Crippen molar-refractivity contribution in [3.8, 4) is 5.75 Å². The van der Waals surface area contributed by atoms with E-state index in [2.05, 4.69) is 10.6 Å². The monoisotopic (exact) mass is 305 g/mol. The van der Waals surface area contributed by atoms with Crippen LogP contribution < -0.4 is 15.4 Å². The summed E-state index contributed by atoms with van der Waals surface area (Å²) in [6, 6.07) is 7.86. The van der Waals surface area contributed by atoms with Crippen molar-refractivity contribution in [2.24, 2.45) is 0 Å². The molecule has 22 heavy (non-hydrogen) atoms. The largest absolute Gasteiger partial charge is 0.496 e. The molecule has 3 rings (SSSR count). The van der Waals surface area contributed by atoms with E-state index in [9.17, 15) is 4.79 Å². The minimum absolute atomic E-state index is 0.0251. The van der Waals surface area contributed by atoms with E-state index in [0.717, 1.165) is 30.9 Å². The minimum atomic E-state index is -0.385. The van der Waals surface area contributed by atoms with Crippen LogP contribution in [-0.2, 0) is 9.53 Å². The lowest BCUT2D eigenvalue weighted by Gasteiger charge is -2.39. The number of piperazine rings is 1. The fourth-order valence-corrected chi connectivity index (χ4v) is 3.10. The molecule has 1 aromatic carbocycles. The summed E-state index contributed by atoms with van der Waals surface area (Å²) in [6.07, 6.45) is -0.385. The third kappa shape index (κ3) is 3.09. The molecule has 2 saturated heterocycles. The summed E-state index contributed by atoms with van der Waals surface area (Å²) in [5, 5.41) is 6.59. The molecule has 0 radical (unpaired) electrons. The Morgan fingerprint density at radius 2 is 2.09 bits per heavy atom. The van der Waals surface area contributed by atoms with Crippen LogP contribution >= 0.6 is 0 Å². The molecule has 0 aromatic heterocycles. The van der Waals surface area contributed by atoms with Gasteiger partial charge in [-0.15, -0.1) is 0 Å². The maximum Gasteiger partial charge on any atom is 0.253 e. The lowest BCUT2D eigenvalue weighted by atomic mass is 10.0. The second-order valence-corrected chi connectivity index (χ2v) is 5.56. The van der Waals surface area contributed by atoms with E-state index in [-0.39, 0.29) is 18.1 Å². The van der Waals surface area contributed by atoms with Crippen LogP contribution in [0.2, 0.25) is 0 Å². The molecule has 2 heterocycles. The topological polar surface area (TPSA) is 62.8 Å². The van der Waals surface area contributed by atoms with Crippen LogP contribution in [0.25, 0.3) is 0 Å². The van der Waals surface area contributed by atoms with Crippen LogP contribution in [0.15, 0.2) is 24.3 Å². The zero-order valence-corrected chi connectivity index (χ0v) is 12.9. The van der Waals surface area contributed by atoms with E-state index >= 15 is 0 Å². The highest BCUT2D eigenvalue weighted by Gasteiger charge is 2.34. The van der Waals surface area contributed by atoms with Crippen molar-refractivity contribution >= 4 is 5.91 Å². The summed E-state index contributed by atoms with van der Waals surface area (Å²) in [5.74, 6) is 0.876. The van der Waals surface area contributed by atoms with Crippen molar-refractivity contribution < 1.29 is 14.3 Å². The van der Waals surface area contributed by atoms with E-state index in [1.165, 1.54) is 0 Å². The molecule has 1 amide bonds. The number of ether oxygens (including phenoxy) is 2. The molecule has 2 aliphatic heterocycles. The number of hydrogen-bond donors (Lipinski definition) is 2. The summed E-state index contributed by atoms with van der Waals surface area (Å²) in [4.78, 5) is 14.8. The molecule has 0 spiro atoms. The Bertz CT molecular complexity index is 517. The maximum absolute atomic E-state index is 12.8. The Morgan fingerprint density at radius 1 is 1.27 bits per heavy atom. The van der Waals surface area contributed by atoms with E-state index in [1.54, 1.807) is 7.11 Å². The van der Waals surface area contributed by atoms with Crippen LogP contribution in [0.1, 0.15) is 11.6 Å². The van der Waals surface area contributed by atoms with Gasteiger partial charge in [-0.2, -0.15) is 0 Å². The molecule has 6 nitrogen and oxygen atoms in total. The number of hydrogen-bond acceptors (Lipinski definition) is 5. The van der Waals surface area contributed by atoms with Crippen LogP contribution in [0.4, 0.5) is 0 Å². The Balaban J connectivity index is 1.83. The van der Waals surface area contributed by atoms with Crippen molar-refractivity contribution in [1.82, 2.24) is 15.5 Å². The van der Waals surface area contributed by atoms with Gasteiger partial charge in [0.05, 0.1) is 19.8 Å². The van der Waals surface area contributed by atoms with Gasteiger partial charge >= 0.3 is 0 Å². The first-order valence-electron chi connectivity index (χ1n) is 7.77. The van der Waals surface area contributed by atoms with Gasteiger partial charge in [-0.05, 0) is 6.07 Å². The first kappa shape index (κ1) is 15.3. The number of morpholine rings is 1. The molecule has 2 atom stereocenters. The Morgan fingerprint density at radius 3 is 2.86 bits per heavy atom. The predicted octanol–water partition coefficient (Wildman–Crippen LogP) is 0.157. The Kier molecular flexibility index (Phi) is 4.92. The van der Waals surface area contributed by atoms with Crippen LogP contribution in [0, 0.1) is 0 Å². The second kappa shape index (κ2) is 7.09. The average molecular weight is 305 g/mol. The van der Waals surface area contributed by atoms with Gasteiger partial charge in [0.15, 0.2) is 0 Å². The van der Waals surface area contributed by atoms with Crippen molar-refractivity contribution in [3.05, 3.63) is 29.8 Å². The van der Waals surface area contributed by atoms with E-state index in [0.29, 0.717) is 19.7 Å². The standard InChI is InChI=1S/C16H23N3O3/c1-21-14-5-3-2-4-12(14)13-10-17-6-8-19(13)16(20)15-11-18-7-9-22-15/h2-5,13,15,17-18H,6-11H2,1H3/t13?,15-/m1/s1. The number of carbonyl (C=O) groups is 1. The highest BCUT2D eigenvalue weighted by molar-refractivity contribution is 5.82. The number of methoxy groups -OCH3 is 1. The molecule has 1 aromatic rings.